The molecule has 0 saturated carbocycles. The number of carboxylic acid groups (broad SMARTS) is 1. The number of fused-ring (bicyclic) bond motifs is 2. The van der Waals surface area contributed by atoms with Gasteiger partial charge in [-0.3, -0.25) is 0 Å². The van der Waals surface area contributed by atoms with Crippen molar-refractivity contribution in [3.63, 3.8) is 0 Å². The second-order valence-electron chi connectivity index (χ2n) is 7.81. The molecule has 1 N–H and O–H groups in total. The number of aromatic nitrogens is 1. The van der Waals surface area contributed by atoms with Crippen LogP contribution in [0.3, 0.4) is 0 Å². The Labute approximate surface area is 165 Å². The van der Waals surface area contributed by atoms with Crippen LogP contribution in [-0.4, -0.2) is 30.2 Å². The predicted molar refractivity (Wildman–Crippen MR) is 115 cm³/mol. The van der Waals surface area contributed by atoms with E-state index in [2.05, 4.69) is 42.2 Å². The lowest BCUT2D eigenvalue weighted by Crippen LogP contribution is -2.17. The molecule has 1 aromatic heterocycles. The lowest BCUT2D eigenvalue weighted by atomic mass is 9.80. The van der Waals surface area contributed by atoms with Crippen molar-refractivity contribution in [3.8, 4) is 0 Å². The fourth-order valence-electron chi connectivity index (χ4n) is 4.05. The topological polar surface area (TPSA) is 53.4 Å². The molecule has 0 saturated heterocycles. The fourth-order valence-corrected chi connectivity index (χ4v) is 4.05. The van der Waals surface area contributed by atoms with Gasteiger partial charge in [-0.2, -0.15) is 0 Å². The van der Waals surface area contributed by atoms with Gasteiger partial charge in [0.05, 0.1) is 16.8 Å². The number of aromatic carboxylic acids is 1. The first-order valence-corrected chi connectivity index (χ1v) is 9.57. The van der Waals surface area contributed by atoms with E-state index in [0.717, 1.165) is 51.8 Å². The van der Waals surface area contributed by atoms with Crippen molar-refractivity contribution >= 4 is 34.2 Å². The Morgan fingerprint density at radius 1 is 1.11 bits per heavy atom. The maximum absolute atomic E-state index is 12.1. The van der Waals surface area contributed by atoms with Crippen LogP contribution in [0.4, 0.5) is 5.69 Å². The molecule has 1 aliphatic rings. The van der Waals surface area contributed by atoms with Gasteiger partial charge < -0.3 is 10.0 Å². The number of para-hydroxylation sites is 1. The number of anilines is 1. The molecular weight excluding hydrogens is 348 g/mol. The van der Waals surface area contributed by atoms with Crippen LogP contribution in [0.1, 0.15) is 40.5 Å². The number of benzene rings is 2. The van der Waals surface area contributed by atoms with Gasteiger partial charge in [0.2, 0.25) is 0 Å². The van der Waals surface area contributed by atoms with E-state index in [1.54, 1.807) is 0 Å². The number of allylic oxidation sites excluding steroid dienone is 1. The number of carboxylic acids is 1. The average Bonchev–Trinajstić information content (AvgIpc) is 2.66. The summed E-state index contributed by atoms with van der Waals surface area (Å²) in [6.45, 7) is 2.17. The Kier molecular flexibility index (Phi) is 4.63. The van der Waals surface area contributed by atoms with Gasteiger partial charge in [-0.25, -0.2) is 9.78 Å². The van der Waals surface area contributed by atoms with E-state index in [-0.39, 0.29) is 0 Å². The van der Waals surface area contributed by atoms with Crippen LogP contribution in [0.5, 0.6) is 0 Å². The first-order chi connectivity index (χ1) is 13.4. The van der Waals surface area contributed by atoms with Crippen LogP contribution < -0.4 is 4.90 Å². The second kappa shape index (κ2) is 7.12. The third-order valence-corrected chi connectivity index (χ3v) is 5.38. The number of pyridine rings is 1. The number of hydrogen-bond acceptors (Lipinski definition) is 3. The van der Waals surface area contributed by atoms with Gasteiger partial charge in [0.1, 0.15) is 0 Å². The molecule has 1 unspecified atom stereocenters. The van der Waals surface area contributed by atoms with Crippen LogP contribution in [0, 0.1) is 5.92 Å². The van der Waals surface area contributed by atoms with Gasteiger partial charge in [0.15, 0.2) is 0 Å². The van der Waals surface area contributed by atoms with E-state index in [1.165, 1.54) is 0 Å². The molecule has 0 spiro atoms. The fraction of sp³-hybridized carbons (Fsp3) is 0.250. The molecule has 0 fully saturated rings. The number of carbonyl (C=O) groups is 1. The Morgan fingerprint density at radius 3 is 2.50 bits per heavy atom. The number of rotatable bonds is 3. The predicted octanol–water partition coefficient (Wildman–Crippen LogP) is 5.12. The highest BCUT2D eigenvalue weighted by atomic mass is 16.4. The van der Waals surface area contributed by atoms with Crippen molar-refractivity contribution in [2.75, 3.05) is 19.0 Å². The molecule has 0 bridgehead atoms. The molecule has 4 heteroatoms. The minimum atomic E-state index is -0.876. The Hall–Kier alpha value is -3.14. The number of nitrogens with zero attached hydrogens (tertiary/aromatic N) is 2. The molecule has 142 valence electrons. The first kappa shape index (κ1) is 18.2. The quantitative estimate of drug-likeness (QED) is 0.693. The summed E-state index contributed by atoms with van der Waals surface area (Å²) in [4.78, 5) is 19.1. The van der Waals surface area contributed by atoms with E-state index in [4.69, 9.17) is 4.98 Å². The summed E-state index contributed by atoms with van der Waals surface area (Å²) in [5, 5.41) is 10.7. The Bertz CT molecular complexity index is 1080. The zero-order chi connectivity index (χ0) is 19.8. The molecule has 0 radical (unpaired) electrons. The highest BCUT2D eigenvalue weighted by Gasteiger charge is 2.27. The molecule has 28 heavy (non-hydrogen) atoms. The van der Waals surface area contributed by atoms with Crippen LogP contribution in [-0.2, 0) is 6.42 Å². The van der Waals surface area contributed by atoms with Gasteiger partial charge >= 0.3 is 5.97 Å². The summed E-state index contributed by atoms with van der Waals surface area (Å²) in [6.07, 6.45) is 3.79. The van der Waals surface area contributed by atoms with E-state index >= 15 is 0 Å². The summed E-state index contributed by atoms with van der Waals surface area (Å²) in [7, 11) is 4.05. The van der Waals surface area contributed by atoms with E-state index in [1.807, 2.05) is 38.4 Å². The monoisotopic (exact) mass is 372 g/mol. The molecule has 1 heterocycles. The van der Waals surface area contributed by atoms with Crippen molar-refractivity contribution in [3.05, 3.63) is 70.9 Å². The first-order valence-electron chi connectivity index (χ1n) is 9.57. The standard InChI is InChI=1S/C24H24N2O2/c1-15-12-17(14-16-8-10-18(11-9-16)26(2)3)23-20(13-15)22(24(27)28)19-6-4-5-7-21(19)25-23/h4-11,14-15H,12-13H2,1-3H3,(H,27,28). The molecule has 4 rings (SSSR count). The zero-order valence-electron chi connectivity index (χ0n) is 16.4. The molecule has 3 aromatic rings. The molecule has 0 amide bonds. The highest BCUT2D eigenvalue weighted by Crippen LogP contribution is 2.38. The van der Waals surface area contributed by atoms with Gasteiger partial charge in [-0.1, -0.05) is 37.3 Å². The van der Waals surface area contributed by atoms with Gasteiger partial charge in [-0.15, -0.1) is 0 Å². The largest absolute Gasteiger partial charge is 0.478 e. The van der Waals surface area contributed by atoms with Crippen molar-refractivity contribution < 1.29 is 9.90 Å². The lowest BCUT2D eigenvalue weighted by Gasteiger charge is -2.26. The zero-order valence-corrected chi connectivity index (χ0v) is 16.4. The minimum Gasteiger partial charge on any atom is -0.478 e. The Morgan fingerprint density at radius 2 is 1.82 bits per heavy atom. The summed E-state index contributed by atoms with van der Waals surface area (Å²) < 4.78 is 0. The van der Waals surface area contributed by atoms with Gasteiger partial charge in [0, 0.05) is 25.2 Å². The van der Waals surface area contributed by atoms with E-state index in [0.29, 0.717) is 11.5 Å². The maximum Gasteiger partial charge on any atom is 0.336 e. The van der Waals surface area contributed by atoms with Crippen molar-refractivity contribution in [2.24, 2.45) is 5.92 Å². The third kappa shape index (κ3) is 3.26. The second-order valence-corrected chi connectivity index (χ2v) is 7.81. The molecule has 4 nitrogen and oxygen atoms in total. The van der Waals surface area contributed by atoms with Crippen molar-refractivity contribution in [2.45, 2.75) is 19.8 Å². The summed E-state index contributed by atoms with van der Waals surface area (Å²) >= 11 is 0. The molecule has 1 aliphatic carbocycles. The molecule has 1 atom stereocenters. The Balaban J connectivity index is 1.90. The van der Waals surface area contributed by atoms with Crippen molar-refractivity contribution in [1.82, 2.24) is 4.98 Å². The van der Waals surface area contributed by atoms with Crippen LogP contribution in [0.25, 0.3) is 22.6 Å². The summed E-state index contributed by atoms with van der Waals surface area (Å²) in [6, 6.07) is 15.9. The molecule has 2 aromatic carbocycles. The van der Waals surface area contributed by atoms with Crippen LogP contribution in [0.2, 0.25) is 0 Å². The molecular formula is C24H24N2O2. The smallest absolute Gasteiger partial charge is 0.336 e. The summed E-state index contributed by atoms with van der Waals surface area (Å²) in [5.74, 6) is -0.500. The van der Waals surface area contributed by atoms with Gasteiger partial charge in [-0.05, 0) is 59.7 Å². The van der Waals surface area contributed by atoms with Gasteiger partial charge in [0.25, 0.3) is 0 Å². The normalized spacial score (nSPS) is 17.5. The minimum absolute atomic E-state index is 0.376. The SMILES string of the molecule is CC1CC(=Cc2ccc(N(C)C)cc2)c2nc3ccccc3c(C(=O)O)c2C1. The van der Waals surface area contributed by atoms with E-state index in [9.17, 15) is 9.90 Å². The average molecular weight is 372 g/mol. The van der Waals surface area contributed by atoms with E-state index < -0.39 is 5.97 Å². The van der Waals surface area contributed by atoms with Crippen LogP contribution >= 0.6 is 0 Å². The van der Waals surface area contributed by atoms with Crippen LogP contribution in [0.15, 0.2) is 48.5 Å². The molecule has 0 aliphatic heterocycles. The lowest BCUT2D eigenvalue weighted by molar-refractivity contribution is 0.0697. The highest BCUT2D eigenvalue weighted by molar-refractivity contribution is 6.05. The third-order valence-electron chi connectivity index (χ3n) is 5.38. The maximum atomic E-state index is 12.1. The van der Waals surface area contributed by atoms with Crippen molar-refractivity contribution in [1.29, 1.82) is 0 Å². The number of hydrogen-bond donors (Lipinski definition) is 1. The summed E-state index contributed by atoms with van der Waals surface area (Å²) in [5.41, 5.74) is 6.21.